The van der Waals surface area contributed by atoms with E-state index in [9.17, 15) is 18.4 Å². The predicted octanol–water partition coefficient (Wildman–Crippen LogP) is 4.29. The highest BCUT2D eigenvalue weighted by atomic mass is 19.3. The minimum atomic E-state index is -3.15. The number of H-pyrrole nitrogens is 1. The third-order valence-electron chi connectivity index (χ3n) is 6.75. The first kappa shape index (κ1) is 27.1. The Morgan fingerprint density at radius 1 is 1.18 bits per heavy atom. The van der Waals surface area contributed by atoms with Gasteiger partial charge >= 0.3 is 0 Å². The lowest BCUT2D eigenvalue weighted by Crippen LogP contribution is -2.49. The van der Waals surface area contributed by atoms with Crippen LogP contribution in [-0.2, 0) is 4.79 Å². The lowest BCUT2D eigenvalue weighted by Gasteiger charge is -2.38. The van der Waals surface area contributed by atoms with Crippen LogP contribution in [0.5, 0.6) is 11.5 Å². The van der Waals surface area contributed by atoms with Crippen molar-refractivity contribution >= 4 is 22.6 Å². The fraction of sp³-hybridized carbons (Fsp3) is 0.276. The maximum atomic E-state index is 15.0. The molecular formula is C29H30F2N6O3. The van der Waals surface area contributed by atoms with Gasteiger partial charge in [-0.15, -0.1) is 0 Å². The molecule has 2 aromatic heterocycles. The molecule has 40 heavy (non-hydrogen) atoms. The molecule has 9 nitrogen and oxygen atoms in total. The zero-order valence-corrected chi connectivity index (χ0v) is 22.2. The van der Waals surface area contributed by atoms with Crippen molar-refractivity contribution in [1.82, 2.24) is 24.6 Å². The monoisotopic (exact) mass is 548 g/mol. The smallest absolute Gasteiger partial charge is 0.288 e. The molecule has 1 aliphatic rings. The van der Waals surface area contributed by atoms with Gasteiger partial charge in [0.05, 0.1) is 18.0 Å². The second-order valence-corrected chi connectivity index (χ2v) is 10.1. The van der Waals surface area contributed by atoms with E-state index >= 15 is 0 Å². The molecule has 2 aromatic carbocycles. The number of hydrogen-bond donors (Lipinski definition) is 2. The summed E-state index contributed by atoms with van der Waals surface area (Å²) in [5.41, 5.74) is 7.04. The quantitative estimate of drug-likeness (QED) is 0.334. The molecule has 0 aliphatic carbocycles. The van der Waals surface area contributed by atoms with E-state index in [-0.39, 0.29) is 17.9 Å². The number of nitrogens with zero attached hydrogens (tertiary/aromatic N) is 4. The van der Waals surface area contributed by atoms with Gasteiger partial charge in [-0.1, -0.05) is 36.4 Å². The summed E-state index contributed by atoms with van der Waals surface area (Å²) in [6.45, 7) is -0.180. The number of piperidine rings is 1. The highest BCUT2D eigenvalue weighted by Gasteiger charge is 2.43. The van der Waals surface area contributed by atoms with Crippen LogP contribution in [0.4, 0.5) is 14.6 Å². The van der Waals surface area contributed by atoms with Crippen LogP contribution in [0.25, 0.3) is 22.0 Å². The zero-order valence-electron chi connectivity index (χ0n) is 22.2. The number of likely N-dealkylation sites (tertiary alicyclic amines) is 1. The number of para-hydroxylation sites is 1. The number of ether oxygens (including phenoxy) is 1. The number of benzene rings is 2. The van der Waals surface area contributed by atoms with Crippen LogP contribution in [0.15, 0.2) is 77.7 Å². The number of halogens is 2. The molecule has 1 unspecified atom stereocenters. The average Bonchev–Trinajstić information content (AvgIpc) is 3.33. The Morgan fingerprint density at radius 3 is 2.58 bits per heavy atom. The second-order valence-electron chi connectivity index (χ2n) is 10.1. The maximum Gasteiger partial charge on any atom is 0.288 e. The van der Waals surface area contributed by atoms with Crippen LogP contribution in [0.3, 0.4) is 0 Å². The van der Waals surface area contributed by atoms with Crippen LogP contribution in [0.1, 0.15) is 12.5 Å². The number of rotatable bonds is 7. The Kier molecular flexibility index (Phi) is 7.40. The number of amides is 1. The van der Waals surface area contributed by atoms with E-state index in [2.05, 4.69) is 10.2 Å². The molecule has 5 rings (SSSR count). The molecule has 1 saturated heterocycles. The fourth-order valence-electron chi connectivity index (χ4n) is 4.96. The average molecular weight is 549 g/mol. The van der Waals surface area contributed by atoms with Crippen LogP contribution in [0.2, 0.25) is 0 Å². The summed E-state index contributed by atoms with van der Waals surface area (Å²) in [6.07, 6.45) is 4.05. The van der Waals surface area contributed by atoms with Crippen LogP contribution in [0, 0.1) is 0 Å². The molecule has 0 saturated carbocycles. The number of fused-ring (bicyclic) bond motifs is 1. The number of anilines is 1. The van der Waals surface area contributed by atoms with E-state index in [1.807, 2.05) is 49.3 Å². The summed E-state index contributed by atoms with van der Waals surface area (Å²) in [5, 5.41) is 6.64. The van der Waals surface area contributed by atoms with Crippen molar-refractivity contribution in [2.75, 3.05) is 39.5 Å². The SMILES string of the molecule is CN(C)C/C=C/C(=O)N1CC(n2cc(-c3ccc(Oc4ccccc4)cc3)c3c(N)n[nH]c(=O)c32)CC(F)(F)C1. The van der Waals surface area contributed by atoms with Crippen molar-refractivity contribution < 1.29 is 18.3 Å². The molecule has 1 aliphatic heterocycles. The van der Waals surface area contributed by atoms with Crippen LogP contribution in [-0.4, -0.2) is 70.1 Å². The summed E-state index contributed by atoms with van der Waals surface area (Å²) < 4.78 is 37.3. The number of alkyl halides is 2. The molecule has 1 fully saturated rings. The Hall–Kier alpha value is -4.51. The summed E-state index contributed by atoms with van der Waals surface area (Å²) in [5.74, 6) is -2.30. The predicted molar refractivity (Wildman–Crippen MR) is 150 cm³/mol. The van der Waals surface area contributed by atoms with E-state index < -0.39 is 36.4 Å². The number of nitrogens with two attached hydrogens (primary N) is 1. The van der Waals surface area contributed by atoms with Crippen molar-refractivity contribution in [3.05, 3.63) is 83.3 Å². The molecule has 0 radical (unpaired) electrons. The summed E-state index contributed by atoms with van der Waals surface area (Å²) in [6, 6.07) is 15.6. The summed E-state index contributed by atoms with van der Waals surface area (Å²) >= 11 is 0. The molecule has 11 heteroatoms. The van der Waals surface area contributed by atoms with Gasteiger partial charge in [0.1, 0.15) is 17.0 Å². The van der Waals surface area contributed by atoms with E-state index in [1.54, 1.807) is 36.5 Å². The molecule has 0 bridgehead atoms. The van der Waals surface area contributed by atoms with Crippen molar-refractivity contribution in [3.63, 3.8) is 0 Å². The van der Waals surface area contributed by atoms with Crippen LogP contribution >= 0.6 is 0 Å². The van der Waals surface area contributed by atoms with Gasteiger partial charge in [-0.2, -0.15) is 5.10 Å². The molecular weight excluding hydrogens is 518 g/mol. The van der Waals surface area contributed by atoms with Gasteiger partial charge in [-0.05, 0) is 43.9 Å². The van der Waals surface area contributed by atoms with E-state index in [0.717, 1.165) is 4.90 Å². The van der Waals surface area contributed by atoms with E-state index in [4.69, 9.17) is 10.5 Å². The Bertz CT molecular complexity index is 1600. The number of carbonyl (C=O) groups is 1. The molecule has 1 amide bonds. The third-order valence-corrected chi connectivity index (χ3v) is 6.75. The minimum Gasteiger partial charge on any atom is -0.457 e. The van der Waals surface area contributed by atoms with Crippen molar-refractivity contribution in [2.24, 2.45) is 0 Å². The van der Waals surface area contributed by atoms with Gasteiger partial charge in [-0.3, -0.25) is 9.59 Å². The number of aromatic nitrogens is 3. The Morgan fingerprint density at radius 2 is 1.88 bits per heavy atom. The van der Waals surface area contributed by atoms with Gasteiger partial charge in [0.15, 0.2) is 5.82 Å². The second kappa shape index (κ2) is 10.9. The zero-order chi connectivity index (χ0) is 28.4. The first-order valence-electron chi connectivity index (χ1n) is 12.8. The number of likely N-dealkylation sites (N-methyl/N-ethyl adjacent to an activating group) is 1. The third kappa shape index (κ3) is 5.74. The standard InChI is InChI=1S/C29H30F2N6O3/c1-35(2)14-6-9-24(38)36-16-20(15-29(30,31)18-36)37-17-23(25-26(37)28(39)34-33-27(25)32)19-10-12-22(13-11-19)40-21-7-4-3-5-8-21/h3-13,17,20H,14-16,18H2,1-2H3,(H2,32,33)(H,34,39)/b9-6+. The first-order valence-corrected chi connectivity index (χ1v) is 12.8. The number of hydrogen-bond acceptors (Lipinski definition) is 6. The molecule has 208 valence electrons. The van der Waals surface area contributed by atoms with Gasteiger partial charge < -0.3 is 24.8 Å². The number of nitrogen functional groups attached to an aromatic ring is 1. The summed E-state index contributed by atoms with van der Waals surface area (Å²) in [7, 11) is 3.69. The largest absolute Gasteiger partial charge is 0.457 e. The van der Waals surface area contributed by atoms with E-state index in [0.29, 0.717) is 34.6 Å². The van der Waals surface area contributed by atoms with Gasteiger partial charge in [0, 0.05) is 37.3 Å². The molecule has 1 atom stereocenters. The molecule has 4 aromatic rings. The number of carbonyl (C=O) groups excluding carboxylic acids is 1. The normalized spacial score (nSPS) is 17.1. The highest BCUT2D eigenvalue weighted by molar-refractivity contribution is 6.02. The van der Waals surface area contributed by atoms with Crippen molar-refractivity contribution in [1.29, 1.82) is 0 Å². The fourth-order valence-corrected chi connectivity index (χ4v) is 4.96. The number of aromatic amines is 1. The summed E-state index contributed by atoms with van der Waals surface area (Å²) in [4.78, 5) is 28.7. The van der Waals surface area contributed by atoms with Crippen molar-refractivity contribution in [2.45, 2.75) is 18.4 Å². The van der Waals surface area contributed by atoms with Gasteiger partial charge in [-0.25, -0.2) is 13.9 Å². The van der Waals surface area contributed by atoms with Crippen molar-refractivity contribution in [3.8, 4) is 22.6 Å². The van der Waals surface area contributed by atoms with E-state index in [1.165, 1.54) is 10.6 Å². The van der Waals surface area contributed by atoms with Gasteiger partial charge in [0.25, 0.3) is 11.5 Å². The molecule has 0 spiro atoms. The highest BCUT2D eigenvalue weighted by Crippen LogP contribution is 2.39. The maximum absolute atomic E-state index is 15.0. The van der Waals surface area contributed by atoms with Gasteiger partial charge in [0.2, 0.25) is 5.91 Å². The molecule has 3 N–H and O–H groups in total. The minimum absolute atomic E-state index is 0.00939. The Balaban J connectivity index is 1.51. The molecule has 3 heterocycles. The lowest BCUT2D eigenvalue weighted by molar-refractivity contribution is -0.139. The topological polar surface area (TPSA) is 109 Å². The van der Waals surface area contributed by atoms with Crippen LogP contribution < -0.4 is 16.0 Å². The first-order chi connectivity index (χ1) is 19.1. The Labute approximate surface area is 229 Å². The lowest BCUT2D eigenvalue weighted by atomic mass is 10.0. The number of nitrogens with one attached hydrogen (secondary N) is 1.